The Kier molecular flexibility index (Phi) is 5.23. The molecule has 1 saturated carbocycles. The van der Waals surface area contributed by atoms with Crippen molar-refractivity contribution >= 4 is 39.1 Å². The highest BCUT2D eigenvalue weighted by molar-refractivity contribution is 7.99. The fourth-order valence-corrected chi connectivity index (χ4v) is 4.88. The smallest absolute Gasteiger partial charge is 0.242 e. The zero-order valence-corrected chi connectivity index (χ0v) is 13.7. The van der Waals surface area contributed by atoms with Gasteiger partial charge < -0.3 is 5.73 Å². The molecule has 1 aliphatic rings. The average Bonchev–Trinajstić information content (AvgIpc) is 2.42. The number of thioether (sulfide) groups is 1. The standard InChI is InChI=1S/C13H19ClN2O2S2/c1-19-11-5-3-10(4-6-11)16-20(17,18)13-8-9(14)2-7-12(13)15/h2,7-8,10-11,16H,3-6,15H2,1H3. The van der Waals surface area contributed by atoms with Gasteiger partial charge in [0.15, 0.2) is 0 Å². The Hall–Kier alpha value is -0.430. The molecule has 20 heavy (non-hydrogen) atoms. The number of rotatable bonds is 4. The summed E-state index contributed by atoms with van der Waals surface area (Å²) in [6.07, 6.45) is 5.91. The van der Waals surface area contributed by atoms with Crippen molar-refractivity contribution in [3.8, 4) is 0 Å². The summed E-state index contributed by atoms with van der Waals surface area (Å²) in [6.45, 7) is 0. The molecular weight excluding hydrogens is 316 g/mol. The van der Waals surface area contributed by atoms with Crippen molar-refractivity contribution in [2.45, 2.75) is 41.9 Å². The van der Waals surface area contributed by atoms with E-state index in [4.69, 9.17) is 17.3 Å². The maximum atomic E-state index is 12.4. The normalized spacial score (nSPS) is 23.7. The van der Waals surface area contributed by atoms with Crippen LogP contribution < -0.4 is 10.5 Å². The Labute approximate surface area is 129 Å². The SMILES string of the molecule is CSC1CCC(NS(=O)(=O)c2cc(Cl)ccc2N)CC1. The highest BCUT2D eigenvalue weighted by atomic mass is 35.5. The third-order valence-electron chi connectivity index (χ3n) is 3.59. The number of anilines is 1. The zero-order chi connectivity index (χ0) is 14.8. The molecule has 3 N–H and O–H groups in total. The largest absolute Gasteiger partial charge is 0.398 e. The van der Waals surface area contributed by atoms with Crippen molar-refractivity contribution in [1.29, 1.82) is 0 Å². The molecule has 1 aromatic carbocycles. The minimum absolute atomic E-state index is 0.0122. The summed E-state index contributed by atoms with van der Waals surface area (Å²) in [5.74, 6) is 0. The number of benzene rings is 1. The van der Waals surface area contributed by atoms with Gasteiger partial charge >= 0.3 is 0 Å². The lowest BCUT2D eigenvalue weighted by Gasteiger charge is -2.28. The van der Waals surface area contributed by atoms with Crippen LogP contribution in [0, 0.1) is 0 Å². The number of hydrogen-bond donors (Lipinski definition) is 2. The van der Waals surface area contributed by atoms with Crippen LogP contribution in [0.2, 0.25) is 5.02 Å². The van der Waals surface area contributed by atoms with E-state index in [0.29, 0.717) is 10.3 Å². The van der Waals surface area contributed by atoms with Crippen molar-refractivity contribution in [2.24, 2.45) is 0 Å². The van der Waals surface area contributed by atoms with Crippen LogP contribution in [-0.2, 0) is 10.0 Å². The first-order chi connectivity index (χ1) is 9.42. The van der Waals surface area contributed by atoms with E-state index < -0.39 is 10.0 Å². The van der Waals surface area contributed by atoms with E-state index in [9.17, 15) is 8.42 Å². The van der Waals surface area contributed by atoms with E-state index in [-0.39, 0.29) is 16.6 Å². The summed E-state index contributed by atoms with van der Waals surface area (Å²) >= 11 is 7.70. The van der Waals surface area contributed by atoms with Gasteiger partial charge in [-0.05, 0) is 50.1 Å². The summed E-state index contributed by atoms with van der Waals surface area (Å²) in [6, 6.07) is 4.48. The second-order valence-electron chi connectivity index (χ2n) is 5.01. The molecule has 0 saturated heterocycles. The summed E-state index contributed by atoms with van der Waals surface area (Å²) in [5, 5.41) is 1.01. The Bertz CT molecular complexity index is 570. The van der Waals surface area contributed by atoms with Crippen LogP contribution in [0.4, 0.5) is 5.69 Å². The van der Waals surface area contributed by atoms with Gasteiger partial charge in [-0.1, -0.05) is 11.6 Å². The molecule has 112 valence electrons. The van der Waals surface area contributed by atoms with E-state index >= 15 is 0 Å². The monoisotopic (exact) mass is 334 g/mol. The Morgan fingerprint density at radius 2 is 1.95 bits per heavy atom. The molecule has 0 heterocycles. The fourth-order valence-electron chi connectivity index (χ4n) is 2.44. The summed E-state index contributed by atoms with van der Waals surface area (Å²) in [4.78, 5) is 0.0667. The van der Waals surface area contributed by atoms with Gasteiger partial charge in [-0.15, -0.1) is 0 Å². The predicted octanol–water partition coefficient (Wildman–Crippen LogP) is 2.87. The van der Waals surface area contributed by atoms with Crippen molar-refractivity contribution in [1.82, 2.24) is 4.72 Å². The third-order valence-corrected chi connectivity index (χ3v) is 6.54. The molecule has 0 spiro atoms. The first-order valence-corrected chi connectivity index (χ1v) is 9.67. The lowest BCUT2D eigenvalue weighted by molar-refractivity contribution is 0.420. The van der Waals surface area contributed by atoms with Crippen LogP contribution in [0.5, 0.6) is 0 Å². The number of hydrogen-bond acceptors (Lipinski definition) is 4. The lowest BCUT2D eigenvalue weighted by atomic mass is 9.96. The second-order valence-corrected chi connectivity index (χ2v) is 8.27. The molecule has 0 radical (unpaired) electrons. The molecular formula is C13H19ClN2O2S2. The third kappa shape index (κ3) is 3.81. The molecule has 0 atom stereocenters. The van der Waals surface area contributed by atoms with Crippen molar-refractivity contribution < 1.29 is 8.42 Å². The van der Waals surface area contributed by atoms with Gasteiger partial charge in [0.25, 0.3) is 0 Å². The summed E-state index contributed by atoms with van der Waals surface area (Å²) in [7, 11) is -3.60. The highest BCUT2D eigenvalue weighted by Gasteiger charge is 2.26. The first kappa shape index (κ1) is 15.9. The topological polar surface area (TPSA) is 72.2 Å². The molecule has 0 unspecified atom stereocenters. The van der Waals surface area contributed by atoms with Crippen LogP contribution in [-0.4, -0.2) is 26.0 Å². The Morgan fingerprint density at radius 1 is 1.30 bits per heavy atom. The molecule has 7 heteroatoms. The maximum Gasteiger partial charge on any atom is 0.242 e. The van der Waals surface area contributed by atoms with Crippen LogP contribution in [0.1, 0.15) is 25.7 Å². The molecule has 0 bridgehead atoms. The van der Waals surface area contributed by atoms with Gasteiger partial charge in [0, 0.05) is 16.3 Å². The van der Waals surface area contributed by atoms with E-state index in [1.54, 1.807) is 6.07 Å². The number of nitrogens with one attached hydrogen (secondary N) is 1. The first-order valence-electron chi connectivity index (χ1n) is 6.52. The molecule has 1 aliphatic carbocycles. The molecule has 0 aromatic heterocycles. The summed E-state index contributed by atoms with van der Waals surface area (Å²) in [5.41, 5.74) is 5.97. The van der Waals surface area contributed by atoms with Gasteiger partial charge in [0.2, 0.25) is 10.0 Å². The quantitative estimate of drug-likeness (QED) is 0.830. The minimum atomic E-state index is -3.60. The Morgan fingerprint density at radius 3 is 2.55 bits per heavy atom. The number of sulfonamides is 1. The van der Waals surface area contributed by atoms with Gasteiger partial charge in [0.1, 0.15) is 4.90 Å². The summed E-state index contributed by atoms with van der Waals surface area (Å²) < 4.78 is 27.5. The van der Waals surface area contributed by atoms with Gasteiger partial charge in [-0.25, -0.2) is 13.1 Å². The molecule has 2 rings (SSSR count). The van der Waals surface area contributed by atoms with Crippen LogP contribution >= 0.6 is 23.4 Å². The Balaban J connectivity index is 2.10. The van der Waals surface area contributed by atoms with Gasteiger partial charge in [0.05, 0.1) is 5.69 Å². The molecule has 1 fully saturated rings. The van der Waals surface area contributed by atoms with E-state index in [1.807, 2.05) is 11.8 Å². The highest BCUT2D eigenvalue weighted by Crippen LogP contribution is 2.29. The van der Waals surface area contributed by atoms with E-state index in [1.165, 1.54) is 12.1 Å². The number of nitrogens with two attached hydrogens (primary N) is 1. The van der Waals surface area contributed by atoms with Crippen molar-refractivity contribution in [3.63, 3.8) is 0 Å². The molecule has 1 aromatic rings. The van der Waals surface area contributed by atoms with Gasteiger partial charge in [-0.3, -0.25) is 0 Å². The molecule has 0 amide bonds. The van der Waals surface area contributed by atoms with Crippen molar-refractivity contribution in [2.75, 3.05) is 12.0 Å². The predicted molar refractivity (Wildman–Crippen MR) is 85.7 cm³/mol. The second kappa shape index (κ2) is 6.56. The lowest BCUT2D eigenvalue weighted by Crippen LogP contribution is -2.38. The number of nitrogen functional groups attached to an aromatic ring is 1. The van der Waals surface area contributed by atoms with Crippen LogP contribution in [0.15, 0.2) is 23.1 Å². The van der Waals surface area contributed by atoms with E-state index in [0.717, 1.165) is 25.7 Å². The van der Waals surface area contributed by atoms with Crippen LogP contribution in [0.3, 0.4) is 0 Å². The minimum Gasteiger partial charge on any atom is -0.398 e. The number of halogens is 1. The maximum absolute atomic E-state index is 12.4. The molecule has 0 aliphatic heterocycles. The van der Waals surface area contributed by atoms with Crippen molar-refractivity contribution in [3.05, 3.63) is 23.2 Å². The molecule has 4 nitrogen and oxygen atoms in total. The average molecular weight is 335 g/mol. The van der Waals surface area contributed by atoms with Crippen LogP contribution in [0.25, 0.3) is 0 Å². The zero-order valence-electron chi connectivity index (χ0n) is 11.3. The fraction of sp³-hybridized carbons (Fsp3) is 0.538. The van der Waals surface area contributed by atoms with Gasteiger partial charge in [-0.2, -0.15) is 11.8 Å². The van der Waals surface area contributed by atoms with E-state index in [2.05, 4.69) is 11.0 Å².